The van der Waals surface area contributed by atoms with Crippen LogP contribution in [0.15, 0.2) is 42.5 Å². The Labute approximate surface area is 172 Å². The smallest absolute Gasteiger partial charge is 0.161 e. The summed E-state index contributed by atoms with van der Waals surface area (Å²) in [5.41, 5.74) is 1.53. The first-order chi connectivity index (χ1) is 14.0. The van der Waals surface area contributed by atoms with Crippen molar-refractivity contribution in [3.8, 4) is 11.5 Å². The molecule has 0 spiro atoms. The van der Waals surface area contributed by atoms with Gasteiger partial charge in [-0.15, -0.1) is 0 Å². The van der Waals surface area contributed by atoms with Gasteiger partial charge in [0, 0.05) is 23.5 Å². The van der Waals surface area contributed by atoms with Gasteiger partial charge in [0.25, 0.3) is 0 Å². The van der Waals surface area contributed by atoms with Crippen LogP contribution in [0.2, 0.25) is 0 Å². The highest BCUT2D eigenvalue weighted by atomic mass is 19.1. The van der Waals surface area contributed by atoms with Gasteiger partial charge in [-0.3, -0.25) is 0 Å². The van der Waals surface area contributed by atoms with E-state index in [1.165, 1.54) is 11.0 Å². The van der Waals surface area contributed by atoms with Gasteiger partial charge in [0.1, 0.15) is 18.4 Å². The zero-order valence-electron chi connectivity index (χ0n) is 17.3. The van der Waals surface area contributed by atoms with Gasteiger partial charge >= 0.3 is 0 Å². The maximum absolute atomic E-state index is 13.8. The zero-order chi connectivity index (χ0) is 20.4. The molecule has 4 nitrogen and oxygen atoms in total. The molecule has 2 aromatic rings. The fourth-order valence-corrected chi connectivity index (χ4v) is 5.48. The first-order valence-corrected chi connectivity index (χ1v) is 10.6. The summed E-state index contributed by atoms with van der Waals surface area (Å²) in [5, 5.41) is 11.4. The van der Waals surface area contributed by atoms with Crippen LogP contribution in [-0.2, 0) is 6.54 Å². The van der Waals surface area contributed by atoms with E-state index >= 15 is 0 Å². The number of piperidine rings is 1. The maximum Gasteiger partial charge on any atom is 0.161 e. The number of hydrogen-bond acceptors (Lipinski definition) is 3. The average molecular weight is 401 g/mol. The molecule has 2 N–H and O–H groups in total. The minimum atomic E-state index is -0.610. The van der Waals surface area contributed by atoms with Crippen molar-refractivity contribution in [2.24, 2.45) is 5.92 Å². The zero-order valence-corrected chi connectivity index (χ0v) is 17.3. The number of fused-ring (bicyclic) bond motifs is 1. The van der Waals surface area contributed by atoms with Gasteiger partial charge in [0.05, 0.1) is 26.4 Å². The van der Waals surface area contributed by atoms with Crippen molar-refractivity contribution in [2.45, 2.75) is 50.3 Å². The van der Waals surface area contributed by atoms with E-state index in [9.17, 15) is 9.50 Å². The molecule has 1 aliphatic carbocycles. The summed E-state index contributed by atoms with van der Waals surface area (Å²) in [6.45, 7) is 1.60. The number of benzene rings is 2. The molecule has 1 saturated heterocycles. The minimum Gasteiger partial charge on any atom is -0.493 e. The Morgan fingerprint density at radius 2 is 1.90 bits per heavy atom. The molecule has 1 unspecified atom stereocenters. The van der Waals surface area contributed by atoms with E-state index in [1.54, 1.807) is 26.4 Å². The first-order valence-electron chi connectivity index (χ1n) is 10.6. The van der Waals surface area contributed by atoms with Crippen molar-refractivity contribution in [3.05, 3.63) is 59.4 Å². The Morgan fingerprint density at radius 1 is 1.07 bits per heavy atom. The summed E-state index contributed by atoms with van der Waals surface area (Å²) in [6, 6.07) is 13.1. The van der Waals surface area contributed by atoms with E-state index in [2.05, 4.69) is 12.1 Å². The highest BCUT2D eigenvalue weighted by Gasteiger charge is 2.51. The molecule has 5 heteroatoms. The summed E-state index contributed by atoms with van der Waals surface area (Å²) < 4.78 is 24.7. The molecule has 4 rings (SSSR count). The monoisotopic (exact) mass is 400 g/mol. The van der Waals surface area contributed by atoms with E-state index < -0.39 is 5.60 Å². The van der Waals surface area contributed by atoms with Crippen LogP contribution in [-0.4, -0.2) is 31.5 Å². The number of likely N-dealkylation sites (tertiary alicyclic amines) is 1. The quantitative estimate of drug-likeness (QED) is 0.809. The normalized spacial score (nSPS) is 29.2. The van der Waals surface area contributed by atoms with Crippen LogP contribution in [0.3, 0.4) is 0 Å². The topological polar surface area (TPSA) is 43.1 Å². The van der Waals surface area contributed by atoms with Crippen LogP contribution < -0.4 is 14.4 Å². The third-order valence-electron chi connectivity index (χ3n) is 6.87. The van der Waals surface area contributed by atoms with Gasteiger partial charge in [-0.1, -0.05) is 25.0 Å². The number of aliphatic hydroxyl groups is 1. The minimum absolute atomic E-state index is 0.136. The van der Waals surface area contributed by atoms with Gasteiger partial charge < -0.3 is 19.5 Å². The molecule has 0 amide bonds. The van der Waals surface area contributed by atoms with Crippen LogP contribution in [0.25, 0.3) is 0 Å². The second-order valence-electron chi connectivity index (χ2n) is 8.51. The van der Waals surface area contributed by atoms with Gasteiger partial charge in [0.15, 0.2) is 11.5 Å². The molecule has 29 heavy (non-hydrogen) atoms. The van der Waals surface area contributed by atoms with E-state index in [0.717, 1.165) is 56.3 Å². The van der Waals surface area contributed by atoms with Crippen molar-refractivity contribution in [3.63, 3.8) is 0 Å². The SMILES string of the molecule is COc1ccc([C@H]2[C@H]3CCCC[C@]3(O)CC[NH+]2Cc2cccc(F)c2)cc1OC. The summed E-state index contributed by atoms with van der Waals surface area (Å²) in [7, 11) is 3.29. The summed E-state index contributed by atoms with van der Waals surface area (Å²) in [4.78, 5) is 1.37. The van der Waals surface area contributed by atoms with Crippen molar-refractivity contribution in [1.29, 1.82) is 0 Å². The Bertz CT molecular complexity index is 858. The number of halogens is 1. The highest BCUT2D eigenvalue weighted by Crippen LogP contribution is 2.45. The fourth-order valence-electron chi connectivity index (χ4n) is 5.48. The Morgan fingerprint density at radius 3 is 2.66 bits per heavy atom. The van der Waals surface area contributed by atoms with Gasteiger partial charge in [-0.2, -0.15) is 0 Å². The summed E-state index contributed by atoms with van der Waals surface area (Å²) >= 11 is 0. The van der Waals surface area contributed by atoms with Crippen molar-refractivity contribution in [2.75, 3.05) is 20.8 Å². The molecule has 0 aromatic heterocycles. The molecule has 2 aliphatic rings. The lowest BCUT2D eigenvalue weighted by molar-refractivity contribution is -0.958. The Hall–Kier alpha value is -2.11. The van der Waals surface area contributed by atoms with E-state index in [0.29, 0.717) is 11.5 Å². The molecule has 4 atom stereocenters. The lowest BCUT2D eigenvalue weighted by atomic mass is 9.66. The number of methoxy groups -OCH3 is 2. The largest absolute Gasteiger partial charge is 0.493 e. The number of quaternary nitrogens is 1. The molecule has 1 heterocycles. The van der Waals surface area contributed by atoms with Gasteiger partial charge in [-0.05, 0) is 43.2 Å². The molecule has 2 fully saturated rings. The predicted molar refractivity (Wildman–Crippen MR) is 110 cm³/mol. The molecular formula is C24H31FNO3+. The van der Waals surface area contributed by atoms with Crippen LogP contribution >= 0.6 is 0 Å². The Balaban J connectivity index is 1.72. The average Bonchev–Trinajstić information content (AvgIpc) is 2.73. The maximum atomic E-state index is 13.8. The lowest BCUT2D eigenvalue weighted by Gasteiger charge is -2.50. The second kappa shape index (κ2) is 8.33. The highest BCUT2D eigenvalue weighted by molar-refractivity contribution is 5.43. The van der Waals surface area contributed by atoms with E-state index in [1.807, 2.05) is 12.1 Å². The first kappa shape index (κ1) is 20.2. The van der Waals surface area contributed by atoms with Gasteiger partial charge in [-0.25, -0.2) is 4.39 Å². The summed E-state index contributed by atoms with van der Waals surface area (Å²) in [5.74, 6) is 1.40. The number of rotatable bonds is 5. The molecular weight excluding hydrogens is 369 g/mol. The van der Waals surface area contributed by atoms with Gasteiger partial charge in [0.2, 0.25) is 0 Å². The van der Waals surface area contributed by atoms with Crippen LogP contribution in [0.5, 0.6) is 11.5 Å². The number of ether oxygens (including phenoxy) is 2. The Kier molecular flexibility index (Phi) is 5.79. The second-order valence-corrected chi connectivity index (χ2v) is 8.51. The predicted octanol–water partition coefficient (Wildman–Crippen LogP) is 3.29. The van der Waals surface area contributed by atoms with E-state index in [4.69, 9.17) is 9.47 Å². The number of hydrogen-bond donors (Lipinski definition) is 2. The molecule has 1 saturated carbocycles. The molecule has 156 valence electrons. The number of nitrogens with one attached hydrogen (secondary N) is 1. The third kappa shape index (κ3) is 3.99. The van der Waals surface area contributed by atoms with E-state index in [-0.39, 0.29) is 17.8 Å². The van der Waals surface area contributed by atoms with Crippen LogP contribution in [0, 0.1) is 11.7 Å². The molecule has 1 aliphatic heterocycles. The molecule has 0 bridgehead atoms. The molecule has 2 aromatic carbocycles. The standard InChI is InChI=1S/C24H30FNO3/c1-28-21-10-9-18(15-22(21)29-2)23-20-8-3-4-11-24(20,27)12-13-26(23)16-17-6-5-7-19(25)14-17/h5-7,9-10,14-15,20,23,27H,3-4,8,11-13,16H2,1-2H3/p+1/t20-,23+,24+/m1/s1. The molecule has 0 radical (unpaired) electrons. The fraction of sp³-hybridized carbons (Fsp3) is 0.500. The van der Waals surface area contributed by atoms with Crippen LogP contribution in [0.4, 0.5) is 4.39 Å². The third-order valence-corrected chi connectivity index (χ3v) is 6.87. The van der Waals surface area contributed by atoms with Crippen molar-refractivity contribution >= 4 is 0 Å². The lowest BCUT2D eigenvalue weighted by Crippen LogP contribution is -3.13. The van der Waals surface area contributed by atoms with Crippen LogP contribution in [0.1, 0.15) is 49.3 Å². The van der Waals surface area contributed by atoms with Crippen molar-refractivity contribution < 1.29 is 23.9 Å². The van der Waals surface area contributed by atoms with Crippen molar-refractivity contribution in [1.82, 2.24) is 0 Å². The summed E-state index contributed by atoms with van der Waals surface area (Å²) in [6.07, 6.45) is 4.91.